The molecule has 0 aliphatic heterocycles. The Morgan fingerprint density at radius 1 is 1.12 bits per heavy atom. The van der Waals surface area contributed by atoms with E-state index in [2.05, 4.69) is 5.32 Å². The molecule has 7 heteroatoms. The molecule has 0 atom stereocenters. The first-order valence-electron chi connectivity index (χ1n) is 4.69. The van der Waals surface area contributed by atoms with E-state index in [4.69, 9.17) is 10.2 Å². The quantitative estimate of drug-likeness (QED) is 0.518. The Hall–Kier alpha value is -1.63. The maximum Gasteiger partial charge on any atom is 0.305 e. The van der Waals surface area contributed by atoms with Crippen molar-refractivity contribution < 1.29 is 24.6 Å². The van der Waals surface area contributed by atoms with Gasteiger partial charge in [0.2, 0.25) is 5.91 Å². The van der Waals surface area contributed by atoms with E-state index in [9.17, 15) is 14.4 Å². The van der Waals surface area contributed by atoms with Crippen molar-refractivity contribution in [3.05, 3.63) is 0 Å². The normalized spacial score (nSPS) is 10.5. The number of carboxylic acid groups (broad SMARTS) is 2. The van der Waals surface area contributed by atoms with Crippen LogP contribution in [0.3, 0.4) is 0 Å². The van der Waals surface area contributed by atoms with Crippen molar-refractivity contribution in [1.29, 1.82) is 0 Å². The van der Waals surface area contributed by atoms with Crippen LogP contribution >= 0.6 is 0 Å². The predicted molar refractivity (Wildman–Crippen MR) is 55.0 cm³/mol. The van der Waals surface area contributed by atoms with Gasteiger partial charge in [0, 0.05) is 6.04 Å². The number of rotatable bonds is 7. The molecule has 0 bridgehead atoms. The average Bonchev–Trinajstić information content (AvgIpc) is 1.97. The second kappa shape index (κ2) is 6.78. The fourth-order valence-corrected chi connectivity index (χ4v) is 1.16. The molecule has 0 fully saturated rings. The van der Waals surface area contributed by atoms with Gasteiger partial charge in [-0.15, -0.1) is 0 Å². The Kier molecular flexibility index (Phi) is 6.09. The molecular weight excluding hydrogens is 216 g/mol. The number of nitrogens with zero attached hydrogens (tertiary/aromatic N) is 1. The highest BCUT2D eigenvalue weighted by molar-refractivity contribution is 5.80. The maximum absolute atomic E-state index is 11.3. The molecular formula is C9H16N2O5. The van der Waals surface area contributed by atoms with Crippen molar-refractivity contribution in [3.8, 4) is 0 Å². The number of likely N-dealkylation sites (N-methyl/N-ethyl adjacent to an activating group) is 1. The van der Waals surface area contributed by atoms with Gasteiger partial charge in [-0.05, 0) is 14.1 Å². The highest BCUT2D eigenvalue weighted by atomic mass is 16.4. The summed E-state index contributed by atoms with van der Waals surface area (Å²) in [7, 11) is 3.37. The first-order chi connectivity index (χ1) is 7.31. The molecule has 0 aromatic carbocycles. The van der Waals surface area contributed by atoms with Crippen LogP contribution in [0.2, 0.25) is 0 Å². The average molecular weight is 232 g/mol. The molecule has 0 saturated carbocycles. The summed E-state index contributed by atoms with van der Waals surface area (Å²) in [5.41, 5.74) is 0. The molecule has 1 amide bonds. The van der Waals surface area contributed by atoms with Crippen LogP contribution in [-0.2, 0) is 14.4 Å². The van der Waals surface area contributed by atoms with E-state index in [1.54, 1.807) is 19.0 Å². The number of carboxylic acids is 2. The summed E-state index contributed by atoms with van der Waals surface area (Å²) in [6.07, 6.45) is -0.795. The largest absolute Gasteiger partial charge is 0.481 e. The molecule has 92 valence electrons. The third-order valence-electron chi connectivity index (χ3n) is 1.67. The lowest BCUT2D eigenvalue weighted by Crippen LogP contribution is -2.42. The van der Waals surface area contributed by atoms with Crippen molar-refractivity contribution in [2.24, 2.45) is 0 Å². The van der Waals surface area contributed by atoms with Crippen LogP contribution in [0.1, 0.15) is 12.8 Å². The first kappa shape index (κ1) is 14.4. The lowest BCUT2D eigenvalue weighted by Gasteiger charge is -2.16. The maximum atomic E-state index is 11.3. The second-order valence-corrected chi connectivity index (χ2v) is 3.70. The highest BCUT2D eigenvalue weighted by Gasteiger charge is 2.19. The van der Waals surface area contributed by atoms with Gasteiger partial charge in [0.15, 0.2) is 0 Å². The summed E-state index contributed by atoms with van der Waals surface area (Å²) in [6.45, 7) is 0.0930. The van der Waals surface area contributed by atoms with E-state index in [1.165, 1.54) is 0 Å². The van der Waals surface area contributed by atoms with Gasteiger partial charge in [0.25, 0.3) is 0 Å². The van der Waals surface area contributed by atoms with Crippen LogP contribution in [-0.4, -0.2) is 59.6 Å². The van der Waals surface area contributed by atoms with Crippen molar-refractivity contribution in [2.45, 2.75) is 18.9 Å². The zero-order chi connectivity index (χ0) is 12.7. The van der Waals surface area contributed by atoms with Gasteiger partial charge in [0.1, 0.15) is 0 Å². The molecule has 7 nitrogen and oxygen atoms in total. The van der Waals surface area contributed by atoms with Crippen LogP contribution in [0.15, 0.2) is 0 Å². The lowest BCUT2D eigenvalue weighted by atomic mass is 10.1. The second-order valence-electron chi connectivity index (χ2n) is 3.70. The standard InChI is InChI=1S/C9H16N2O5/c1-11(2)5-7(12)10-6(3-8(13)14)4-9(15)16/h6H,3-5H2,1-2H3,(H,10,12)(H,13,14)(H,15,16). The van der Waals surface area contributed by atoms with E-state index in [-0.39, 0.29) is 6.54 Å². The molecule has 0 spiro atoms. The van der Waals surface area contributed by atoms with Crippen molar-refractivity contribution in [2.75, 3.05) is 20.6 Å². The summed E-state index contributed by atoms with van der Waals surface area (Å²) >= 11 is 0. The summed E-state index contributed by atoms with van der Waals surface area (Å²) in [4.78, 5) is 33.8. The Morgan fingerprint density at radius 2 is 1.56 bits per heavy atom. The van der Waals surface area contributed by atoms with Crippen molar-refractivity contribution >= 4 is 17.8 Å². The van der Waals surface area contributed by atoms with Crippen LogP contribution in [0.25, 0.3) is 0 Å². The minimum absolute atomic E-state index is 0.0930. The van der Waals surface area contributed by atoms with Crippen molar-refractivity contribution in [1.82, 2.24) is 10.2 Å². The molecule has 0 heterocycles. The van der Waals surface area contributed by atoms with Gasteiger partial charge in [0.05, 0.1) is 19.4 Å². The number of hydrogen-bond donors (Lipinski definition) is 3. The molecule has 0 unspecified atom stereocenters. The fraction of sp³-hybridized carbons (Fsp3) is 0.667. The third kappa shape index (κ3) is 7.74. The molecule has 0 radical (unpaired) electrons. The number of amides is 1. The van der Waals surface area contributed by atoms with Crippen LogP contribution in [0.5, 0.6) is 0 Å². The van der Waals surface area contributed by atoms with E-state index < -0.39 is 36.7 Å². The topological polar surface area (TPSA) is 107 Å². The van der Waals surface area contributed by atoms with E-state index in [0.29, 0.717) is 0 Å². The van der Waals surface area contributed by atoms with E-state index in [1.807, 2.05) is 0 Å². The Morgan fingerprint density at radius 3 is 1.88 bits per heavy atom. The van der Waals surface area contributed by atoms with Crippen LogP contribution in [0, 0.1) is 0 Å². The van der Waals surface area contributed by atoms with Crippen LogP contribution < -0.4 is 5.32 Å². The zero-order valence-electron chi connectivity index (χ0n) is 9.27. The molecule has 3 N–H and O–H groups in total. The monoisotopic (exact) mass is 232 g/mol. The number of hydrogen-bond acceptors (Lipinski definition) is 4. The van der Waals surface area contributed by atoms with Gasteiger partial charge in [-0.25, -0.2) is 0 Å². The van der Waals surface area contributed by atoms with Gasteiger partial charge >= 0.3 is 11.9 Å². The zero-order valence-corrected chi connectivity index (χ0v) is 9.27. The number of nitrogens with one attached hydrogen (secondary N) is 1. The third-order valence-corrected chi connectivity index (χ3v) is 1.67. The molecule has 0 aliphatic carbocycles. The fourth-order valence-electron chi connectivity index (χ4n) is 1.16. The molecule has 0 aromatic rings. The minimum atomic E-state index is -1.14. The Bertz CT molecular complexity index is 261. The summed E-state index contributed by atoms with van der Waals surface area (Å²) in [5.74, 6) is -2.68. The SMILES string of the molecule is CN(C)CC(=O)NC(CC(=O)O)CC(=O)O. The lowest BCUT2D eigenvalue weighted by molar-refractivity contribution is -0.139. The predicted octanol–water partition coefficient (Wildman–Crippen LogP) is -1.02. The number of aliphatic carboxylic acids is 2. The van der Waals surface area contributed by atoms with Gasteiger partial charge in [-0.1, -0.05) is 0 Å². The van der Waals surface area contributed by atoms with E-state index >= 15 is 0 Å². The number of carbonyl (C=O) groups is 3. The van der Waals surface area contributed by atoms with E-state index in [0.717, 1.165) is 0 Å². The minimum Gasteiger partial charge on any atom is -0.481 e. The Labute approximate surface area is 93.0 Å². The van der Waals surface area contributed by atoms with Crippen molar-refractivity contribution in [3.63, 3.8) is 0 Å². The Balaban J connectivity index is 4.24. The summed E-state index contributed by atoms with van der Waals surface area (Å²) in [6, 6.07) is -0.873. The molecule has 0 rings (SSSR count). The molecule has 0 saturated heterocycles. The molecule has 0 aromatic heterocycles. The molecule has 16 heavy (non-hydrogen) atoms. The van der Waals surface area contributed by atoms with Crippen LogP contribution in [0.4, 0.5) is 0 Å². The molecule has 0 aliphatic rings. The van der Waals surface area contributed by atoms with Gasteiger partial charge < -0.3 is 20.4 Å². The smallest absolute Gasteiger partial charge is 0.305 e. The summed E-state index contributed by atoms with van der Waals surface area (Å²) < 4.78 is 0. The van der Waals surface area contributed by atoms with Gasteiger partial charge in [-0.3, -0.25) is 14.4 Å². The highest BCUT2D eigenvalue weighted by Crippen LogP contribution is 1.98. The van der Waals surface area contributed by atoms with Gasteiger partial charge in [-0.2, -0.15) is 0 Å². The number of carbonyl (C=O) groups excluding carboxylic acids is 1. The first-order valence-corrected chi connectivity index (χ1v) is 4.69. The summed E-state index contributed by atoms with van der Waals surface area (Å²) in [5, 5.41) is 19.4.